The van der Waals surface area contributed by atoms with Crippen molar-refractivity contribution in [2.75, 3.05) is 6.61 Å². The van der Waals surface area contributed by atoms with E-state index in [1.165, 1.54) is 0 Å². The van der Waals surface area contributed by atoms with E-state index >= 15 is 0 Å². The van der Waals surface area contributed by atoms with Crippen molar-refractivity contribution >= 4 is 25.2 Å². The summed E-state index contributed by atoms with van der Waals surface area (Å²) in [7, 11) is -6.02. The van der Waals surface area contributed by atoms with Crippen LogP contribution in [0, 0.1) is 0 Å². The molecule has 0 aromatic carbocycles. The molecule has 0 aromatic rings. The molecule has 7 heteroatoms. The Kier molecular flexibility index (Phi) is 5.51. The van der Waals surface area contributed by atoms with Crippen LogP contribution in [0.2, 0.25) is 45.8 Å². The van der Waals surface area contributed by atoms with Crippen LogP contribution in [0.3, 0.4) is 0 Å². The van der Waals surface area contributed by atoms with Crippen LogP contribution in [-0.2, 0) is 17.7 Å². The molecule has 0 bridgehead atoms. The van der Waals surface area contributed by atoms with Crippen molar-refractivity contribution in [2.24, 2.45) is 0 Å². The van der Waals surface area contributed by atoms with E-state index in [0.717, 1.165) is 6.42 Å². The van der Waals surface area contributed by atoms with Gasteiger partial charge in [0.1, 0.15) is 6.10 Å². The summed E-state index contributed by atoms with van der Waals surface area (Å²) in [4.78, 5) is 0. The van der Waals surface area contributed by atoms with E-state index < -0.39 is 30.6 Å². The molecule has 0 radical (unpaired) electrons. The Morgan fingerprint density at radius 3 is 1.60 bits per heavy atom. The van der Waals surface area contributed by atoms with Crippen LogP contribution in [0.1, 0.15) is 20.3 Å². The van der Waals surface area contributed by atoms with Gasteiger partial charge in [-0.15, -0.1) is 0 Å². The highest BCUT2D eigenvalue weighted by Crippen LogP contribution is 2.48. The molecular weight excluding hydrogens is 304 g/mol. The van der Waals surface area contributed by atoms with E-state index in [-0.39, 0.29) is 6.10 Å². The lowest BCUT2D eigenvalue weighted by Gasteiger charge is -2.41. The van der Waals surface area contributed by atoms with Gasteiger partial charge in [0.25, 0.3) is 0 Å². The Hall–Kier alpha value is 0.491. The summed E-state index contributed by atoms with van der Waals surface area (Å²) in [6.07, 6.45) is 1.04. The number of hydrogen-bond acceptors (Lipinski definition) is 4. The number of ether oxygens (including phenoxy) is 2. The first-order valence-electron chi connectivity index (χ1n) is 7.57. The Bertz CT molecular complexity index is 321. The van der Waals surface area contributed by atoms with E-state index in [2.05, 4.69) is 59.7 Å². The van der Waals surface area contributed by atoms with Crippen LogP contribution >= 0.6 is 0 Å². The van der Waals surface area contributed by atoms with Crippen LogP contribution in [-0.4, -0.2) is 43.3 Å². The van der Waals surface area contributed by atoms with Crippen LogP contribution in [0.25, 0.3) is 0 Å². The predicted octanol–water partition coefficient (Wildman–Crippen LogP) is 3.84. The van der Waals surface area contributed by atoms with E-state index in [1.54, 1.807) is 0 Å². The molecule has 0 spiro atoms. The predicted molar refractivity (Wildman–Crippen MR) is 90.0 cm³/mol. The summed E-state index contributed by atoms with van der Waals surface area (Å²) in [6.45, 7) is 20.2. The normalized spacial score (nSPS) is 27.8. The van der Waals surface area contributed by atoms with Crippen molar-refractivity contribution in [1.29, 1.82) is 0 Å². The third kappa shape index (κ3) is 4.49. The van der Waals surface area contributed by atoms with Gasteiger partial charge in [0.05, 0.1) is 0 Å². The SMILES string of the molecule is CCCOC1([Si](C)(O[Si](C)(C)C)O[Si](C)(C)C)OC1C. The van der Waals surface area contributed by atoms with Crippen molar-refractivity contribution in [2.45, 2.75) is 77.6 Å². The highest BCUT2D eigenvalue weighted by atomic mass is 28.5. The molecule has 2 unspecified atom stereocenters. The third-order valence-corrected chi connectivity index (χ3v) is 12.9. The van der Waals surface area contributed by atoms with Gasteiger partial charge in [-0.2, -0.15) is 0 Å². The Balaban J connectivity index is 3.03. The average molecular weight is 337 g/mol. The number of hydrogen-bond donors (Lipinski definition) is 0. The first-order valence-corrected chi connectivity index (χ1v) is 16.7. The molecular formula is C13H32O4Si3. The van der Waals surface area contributed by atoms with Gasteiger partial charge in [0, 0.05) is 6.61 Å². The molecule has 1 rings (SSSR count). The monoisotopic (exact) mass is 336 g/mol. The van der Waals surface area contributed by atoms with Gasteiger partial charge in [0.2, 0.25) is 5.41 Å². The summed E-state index contributed by atoms with van der Waals surface area (Å²) < 4.78 is 25.1. The molecule has 1 saturated heterocycles. The van der Waals surface area contributed by atoms with Crippen LogP contribution in [0.15, 0.2) is 0 Å². The fourth-order valence-electron chi connectivity index (χ4n) is 2.57. The standard InChI is InChI=1S/C13H32O4Si3/c1-10-11-14-13(12(2)15-13)20(9,16-18(3,4)5)17-19(6,7)8/h12H,10-11H2,1-9H3. The first kappa shape index (κ1) is 18.5. The summed E-state index contributed by atoms with van der Waals surface area (Å²) in [5.74, 6) is 0. The topological polar surface area (TPSA) is 40.2 Å². The van der Waals surface area contributed by atoms with E-state index in [4.69, 9.17) is 17.7 Å². The fraction of sp³-hybridized carbons (Fsp3) is 1.00. The molecule has 1 aliphatic heterocycles. The zero-order valence-electron chi connectivity index (χ0n) is 14.6. The Morgan fingerprint density at radius 2 is 1.35 bits per heavy atom. The molecule has 0 amide bonds. The minimum absolute atomic E-state index is 0.0680. The van der Waals surface area contributed by atoms with Gasteiger partial charge in [-0.25, -0.2) is 0 Å². The van der Waals surface area contributed by atoms with Crippen molar-refractivity contribution in [3.63, 3.8) is 0 Å². The van der Waals surface area contributed by atoms with Crippen molar-refractivity contribution < 1.29 is 17.7 Å². The van der Waals surface area contributed by atoms with Gasteiger partial charge >= 0.3 is 8.56 Å². The lowest BCUT2D eigenvalue weighted by molar-refractivity contribution is -0.0126. The lowest BCUT2D eigenvalue weighted by atomic mass is 10.5. The summed E-state index contributed by atoms with van der Waals surface area (Å²) in [5.41, 5.74) is -0.608. The second-order valence-corrected chi connectivity index (χ2v) is 20.3. The maximum absolute atomic E-state index is 6.54. The Morgan fingerprint density at radius 1 is 0.950 bits per heavy atom. The quantitative estimate of drug-likeness (QED) is 0.499. The van der Waals surface area contributed by atoms with Gasteiger partial charge in [0.15, 0.2) is 16.6 Å². The van der Waals surface area contributed by atoms with Gasteiger partial charge in [-0.3, -0.25) is 0 Å². The zero-order chi connectivity index (χ0) is 15.8. The molecule has 4 nitrogen and oxygen atoms in total. The van der Waals surface area contributed by atoms with Crippen LogP contribution in [0.4, 0.5) is 0 Å². The first-order chi connectivity index (χ1) is 8.85. The lowest BCUT2D eigenvalue weighted by Crippen LogP contribution is -2.63. The fourth-order valence-corrected chi connectivity index (χ4v) is 15.1. The molecule has 1 aliphatic rings. The largest absolute Gasteiger partial charge is 0.434 e. The maximum atomic E-state index is 6.54. The summed E-state index contributed by atoms with van der Waals surface area (Å²) >= 11 is 0. The summed E-state index contributed by atoms with van der Waals surface area (Å²) in [6, 6.07) is 0. The van der Waals surface area contributed by atoms with Crippen LogP contribution < -0.4 is 0 Å². The van der Waals surface area contributed by atoms with Crippen molar-refractivity contribution in [1.82, 2.24) is 0 Å². The van der Waals surface area contributed by atoms with Gasteiger partial charge < -0.3 is 17.7 Å². The second-order valence-electron chi connectivity index (χ2n) is 7.65. The summed E-state index contributed by atoms with van der Waals surface area (Å²) in [5, 5.41) is 0. The minimum Gasteiger partial charge on any atom is -0.434 e. The molecule has 0 N–H and O–H groups in total. The van der Waals surface area contributed by atoms with Crippen molar-refractivity contribution in [3.8, 4) is 0 Å². The zero-order valence-corrected chi connectivity index (χ0v) is 17.6. The number of epoxide rings is 1. The Labute approximate surface area is 127 Å². The molecule has 1 heterocycles. The van der Waals surface area contributed by atoms with E-state index in [9.17, 15) is 0 Å². The molecule has 120 valence electrons. The molecule has 0 saturated carbocycles. The smallest absolute Gasteiger partial charge is 0.380 e. The van der Waals surface area contributed by atoms with Gasteiger partial charge in [-0.05, 0) is 59.2 Å². The second kappa shape index (κ2) is 5.94. The molecule has 2 atom stereocenters. The molecule has 1 fully saturated rings. The van der Waals surface area contributed by atoms with Crippen molar-refractivity contribution in [3.05, 3.63) is 0 Å². The number of rotatable bonds is 8. The highest BCUT2D eigenvalue weighted by molar-refractivity contribution is 6.89. The van der Waals surface area contributed by atoms with Gasteiger partial charge in [-0.1, -0.05) is 6.92 Å². The molecule has 0 aromatic heterocycles. The molecule has 0 aliphatic carbocycles. The highest BCUT2D eigenvalue weighted by Gasteiger charge is 2.73. The minimum atomic E-state index is -2.56. The van der Waals surface area contributed by atoms with E-state index in [1.807, 2.05) is 0 Å². The van der Waals surface area contributed by atoms with E-state index in [0.29, 0.717) is 6.61 Å². The molecule has 20 heavy (non-hydrogen) atoms. The third-order valence-electron chi connectivity index (χ3n) is 2.99. The average Bonchev–Trinajstić information content (AvgIpc) is 2.82. The maximum Gasteiger partial charge on any atom is 0.380 e. The van der Waals surface area contributed by atoms with Crippen LogP contribution in [0.5, 0.6) is 0 Å².